The van der Waals surface area contributed by atoms with Gasteiger partial charge in [-0.05, 0) is 36.4 Å². The van der Waals surface area contributed by atoms with Crippen LogP contribution in [0.15, 0.2) is 74.2 Å². The number of benzene rings is 2. The number of non-ortho nitro benzene ring substituents is 1. The van der Waals surface area contributed by atoms with E-state index in [0.29, 0.717) is 16.1 Å². The first-order valence-corrected chi connectivity index (χ1v) is 11.8. The number of nitriles is 1. The maximum absolute atomic E-state index is 12.4. The number of sulfonamides is 1. The highest BCUT2D eigenvalue weighted by Crippen LogP contribution is 2.28. The molecule has 0 aliphatic rings. The van der Waals surface area contributed by atoms with Gasteiger partial charge in [0.05, 0.1) is 21.1 Å². The second kappa shape index (κ2) is 8.87. The van der Waals surface area contributed by atoms with Crippen molar-refractivity contribution in [3.05, 3.63) is 85.7 Å². The van der Waals surface area contributed by atoms with Gasteiger partial charge in [-0.2, -0.15) is 5.26 Å². The molecule has 0 fully saturated rings. The molecule has 2 aromatic heterocycles. The largest absolute Gasteiger partial charge is 0.422 e. The van der Waals surface area contributed by atoms with Crippen LogP contribution in [-0.4, -0.2) is 18.3 Å². The lowest BCUT2D eigenvalue weighted by atomic mass is 10.1. The lowest BCUT2D eigenvalue weighted by Gasteiger charge is -2.03. The van der Waals surface area contributed by atoms with Gasteiger partial charge in [-0.25, -0.2) is 23.3 Å². The number of hydrogen-bond acceptors (Lipinski definition) is 10. The molecular formula is C21H13N5O6S2. The molecule has 2 aromatic carbocycles. The quantitative estimate of drug-likeness (QED) is 0.175. The van der Waals surface area contributed by atoms with Crippen LogP contribution in [0.25, 0.3) is 27.8 Å². The molecule has 0 saturated heterocycles. The number of nitrogens with two attached hydrogens (primary N) is 1. The first-order chi connectivity index (χ1) is 16.2. The summed E-state index contributed by atoms with van der Waals surface area (Å²) in [6.45, 7) is 0. The van der Waals surface area contributed by atoms with Crippen LogP contribution in [0, 0.1) is 21.4 Å². The van der Waals surface area contributed by atoms with Crippen molar-refractivity contribution in [3.8, 4) is 17.3 Å². The first-order valence-electron chi connectivity index (χ1n) is 9.34. The van der Waals surface area contributed by atoms with Crippen LogP contribution in [0.5, 0.6) is 0 Å². The van der Waals surface area contributed by atoms with Crippen molar-refractivity contribution in [2.75, 3.05) is 5.32 Å². The van der Waals surface area contributed by atoms with Gasteiger partial charge in [-0.3, -0.25) is 10.1 Å². The Hall–Kier alpha value is -4.38. The summed E-state index contributed by atoms with van der Waals surface area (Å²) >= 11 is 1.11. The fourth-order valence-electron chi connectivity index (χ4n) is 2.96. The minimum Gasteiger partial charge on any atom is -0.422 e. The molecule has 3 N–H and O–H groups in total. The second-order valence-electron chi connectivity index (χ2n) is 6.85. The van der Waals surface area contributed by atoms with Crippen molar-refractivity contribution in [1.29, 1.82) is 5.26 Å². The van der Waals surface area contributed by atoms with E-state index >= 15 is 0 Å². The molecular weight excluding hydrogens is 482 g/mol. The Kier molecular flexibility index (Phi) is 5.95. The molecule has 0 saturated carbocycles. The number of nitro groups is 1. The lowest BCUT2D eigenvalue weighted by molar-refractivity contribution is -0.384. The molecule has 0 bridgehead atoms. The molecule has 13 heteroatoms. The standard InChI is InChI=1S/C21H13N5O6S2/c22-9-13(10-24-14-1-4-16(5-2-14)34(23,30)31)20-25-18(11-33-20)17-8-12-7-15(26(28)29)3-6-19(12)32-21(17)27/h1-8,10-11,24H,(H2,23,30,31). The number of hydrogen-bond donors (Lipinski definition) is 2. The SMILES string of the molecule is N#CC(=CNc1ccc(S(N)(=O)=O)cc1)c1nc(-c2cc3cc([N+](=O)[O-])ccc3oc2=O)cs1. The van der Waals surface area contributed by atoms with Gasteiger partial charge in [0.1, 0.15) is 22.2 Å². The van der Waals surface area contributed by atoms with Gasteiger partial charge in [0, 0.05) is 34.8 Å². The van der Waals surface area contributed by atoms with Gasteiger partial charge in [-0.1, -0.05) is 0 Å². The molecule has 0 spiro atoms. The Labute approximate surface area is 195 Å². The van der Waals surface area contributed by atoms with Crippen molar-refractivity contribution in [3.63, 3.8) is 0 Å². The number of aromatic nitrogens is 1. The van der Waals surface area contributed by atoms with Gasteiger partial charge in [0.25, 0.3) is 5.69 Å². The third-order valence-corrected chi connectivity index (χ3v) is 6.43. The average molecular weight is 495 g/mol. The van der Waals surface area contributed by atoms with E-state index in [-0.39, 0.29) is 33.0 Å². The fourth-order valence-corrected chi connectivity index (χ4v) is 4.26. The molecule has 2 heterocycles. The number of rotatable bonds is 6. The summed E-state index contributed by atoms with van der Waals surface area (Å²) in [6, 6.07) is 13.0. The summed E-state index contributed by atoms with van der Waals surface area (Å²) in [7, 11) is -3.82. The minimum absolute atomic E-state index is 0.0494. The molecule has 4 aromatic rings. The molecule has 11 nitrogen and oxygen atoms in total. The Bertz CT molecular complexity index is 1660. The van der Waals surface area contributed by atoms with Crippen molar-refractivity contribution >= 4 is 49.3 Å². The summed E-state index contributed by atoms with van der Waals surface area (Å²) in [6.07, 6.45) is 1.39. The van der Waals surface area contributed by atoms with Crippen molar-refractivity contribution in [2.45, 2.75) is 4.90 Å². The van der Waals surface area contributed by atoms with Crippen molar-refractivity contribution < 1.29 is 17.8 Å². The number of nitrogens with one attached hydrogen (secondary N) is 1. The number of anilines is 1. The van der Waals surface area contributed by atoms with Gasteiger partial charge in [-0.15, -0.1) is 11.3 Å². The molecule has 0 radical (unpaired) electrons. The summed E-state index contributed by atoms with van der Waals surface area (Å²) in [5.41, 5.74) is 0.393. The molecule has 4 rings (SSSR count). The van der Waals surface area contributed by atoms with Crippen LogP contribution in [0.2, 0.25) is 0 Å². The monoisotopic (exact) mass is 495 g/mol. The molecule has 170 valence electrons. The van der Waals surface area contributed by atoms with E-state index in [1.807, 2.05) is 6.07 Å². The highest BCUT2D eigenvalue weighted by Gasteiger charge is 2.15. The zero-order valence-electron chi connectivity index (χ0n) is 17.0. The van der Waals surface area contributed by atoms with E-state index in [2.05, 4.69) is 10.3 Å². The summed E-state index contributed by atoms with van der Waals surface area (Å²) in [4.78, 5) is 27.2. The van der Waals surface area contributed by atoms with Gasteiger partial charge in [0.2, 0.25) is 10.0 Å². The van der Waals surface area contributed by atoms with Crippen LogP contribution >= 0.6 is 11.3 Å². The highest BCUT2D eigenvalue weighted by atomic mass is 32.2. The molecule has 0 aliphatic carbocycles. The van der Waals surface area contributed by atoms with E-state index < -0.39 is 20.6 Å². The number of primary sulfonamides is 1. The first kappa shape index (κ1) is 22.8. The van der Waals surface area contributed by atoms with Crippen LogP contribution in [0.1, 0.15) is 5.01 Å². The molecule has 34 heavy (non-hydrogen) atoms. The number of thiazole rings is 1. The van der Waals surface area contributed by atoms with E-state index in [9.17, 15) is 28.6 Å². The topological polar surface area (TPSA) is 182 Å². The van der Waals surface area contributed by atoms with Gasteiger partial charge >= 0.3 is 5.63 Å². The third kappa shape index (κ3) is 4.69. The zero-order chi connectivity index (χ0) is 24.5. The van der Waals surface area contributed by atoms with E-state index in [0.717, 1.165) is 11.3 Å². The normalized spacial score (nSPS) is 11.8. The Morgan fingerprint density at radius 1 is 1.24 bits per heavy atom. The summed E-state index contributed by atoms with van der Waals surface area (Å²) < 4.78 is 27.9. The number of allylic oxidation sites excluding steroid dienone is 1. The Balaban J connectivity index is 1.63. The summed E-state index contributed by atoms with van der Waals surface area (Å²) in [5.74, 6) is 0. The van der Waals surface area contributed by atoms with Crippen LogP contribution in [-0.2, 0) is 10.0 Å². The molecule has 0 aliphatic heterocycles. The van der Waals surface area contributed by atoms with Crippen LogP contribution < -0.4 is 16.1 Å². The molecule has 0 unspecified atom stereocenters. The third-order valence-electron chi connectivity index (χ3n) is 4.62. The van der Waals surface area contributed by atoms with E-state index in [4.69, 9.17) is 9.56 Å². The maximum Gasteiger partial charge on any atom is 0.345 e. The molecule has 0 atom stereocenters. The minimum atomic E-state index is -3.82. The number of nitro benzene ring substituents is 1. The smallest absolute Gasteiger partial charge is 0.345 e. The van der Waals surface area contributed by atoms with Crippen LogP contribution in [0.4, 0.5) is 11.4 Å². The van der Waals surface area contributed by atoms with Gasteiger partial charge in [0.15, 0.2) is 0 Å². The van der Waals surface area contributed by atoms with E-state index in [1.54, 1.807) is 5.38 Å². The van der Waals surface area contributed by atoms with Crippen molar-refractivity contribution in [1.82, 2.24) is 4.98 Å². The predicted octanol–water partition coefficient (Wildman–Crippen LogP) is 3.45. The lowest BCUT2D eigenvalue weighted by Crippen LogP contribution is -2.11. The molecule has 0 amide bonds. The van der Waals surface area contributed by atoms with Crippen molar-refractivity contribution in [2.24, 2.45) is 5.14 Å². The predicted molar refractivity (Wildman–Crippen MR) is 125 cm³/mol. The Morgan fingerprint density at radius 2 is 1.97 bits per heavy atom. The fraction of sp³-hybridized carbons (Fsp3) is 0. The Morgan fingerprint density at radius 3 is 2.62 bits per heavy atom. The van der Waals surface area contributed by atoms with Gasteiger partial charge < -0.3 is 9.73 Å². The second-order valence-corrected chi connectivity index (χ2v) is 9.27. The number of nitrogens with zero attached hydrogens (tertiary/aromatic N) is 3. The van der Waals surface area contributed by atoms with Crippen LogP contribution in [0.3, 0.4) is 0 Å². The van der Waals surface area contributed by atoms with E-state index in [1.165, 1.54) is 54.7 Å². The zero-order valence-corrected chi connectivity index (χ0v) is 18.6. The summed E-state index contributed by atoms with van der Waals surface area (Å²) in [5, 5.41) is 30.7. The average Bonchev–Trinajstić information content (AvgIpc) is 3.28. The number of fused-ring (bicyclic) bond motifs is 1. The maximum atomic E-state index is 12.4. The highest BCUT2D eigenvalue weighted by molar-refractivity contribution is 7.89.